The van der Waals surface area contributed by atoms with Crippen molar-refractivity contribution >= 4 is 17.7 Å². The van der Waals surface area contributed by atoms with E-state index in [2.05, 4.69) is 9.97 Å². The molecule has 1 aromatic heterocycles. The molecule has 7 nitrogen and oxygen atoms in total. The van der Waals surface area contributed by atoms with Crippen molar-refractivity contribution in [3.05, 3.63) is 36.4 Å². The van der Waals surface area contributed by atoms with Crippen LogP contribution in [0.25, 0.3) is 0 Å². The molecule has 118 valence electrons. The summed E-state index contributed by atoms with van der Waals surface area (Å²) >= 11 is 0. The van der Waals surface area contributed by atoms with Crippen LogP contribution in [0.3, 0.4) is 0 Å². The normalized spacial score (nSPS) is 27.1. The van der Waals surface area contributed by atoms with Crippen LogP contribution in [0.4, 0.5) is 0 Å². The standard InChI is InChI=1S/C16H16N4O3/c21-14-11-3-1-2-4-12(11)15(22)20(14)10-8-19(9-10)16(23)13-7-17-5-6-18-13/h1-2,5-7,10-12H,3-4,8-9H2/t11-,12-/m0/s1. The van der Waals surface area contributed by atoms with Crippen LogP contribution in [-0.2, 0) is 9.59 Å². The molecule has 2 saturated heterocycles. The fourth-order valence-corrected chi connectivity index (χ4v) is 3.54. The molecule has 2 atom stereocenters. The van der Waals surface area contributed by atoms with Crippen molar-refractivity contribution < 1.29 is 14.4 Å². The first-order chi connectivity index (χ1) is 11.2. The summed E-state index contributed by atoms with van der Waals surface area (Å²) in [7, 11) is 0. The zero-order valence-corrected chi connectivity index (χ0v) is 12.5. The van der Waals surface area contributed by atoms with Crippen LogP contribution in [-0.4, -0.2) is 56.6 Å². The zero-order chi connectivity index (χ0) is 16.0. The summed E-state index contributed by atoms with van der Waals surface area (Å²) in [6.45, 7) is 0.750. The van der Waals surface area contributed by atoms with E-state index in [9.17, 15) is 14.4 Å². The molecular weight excluding hydrogens is 296 g/mol. The number of hydrogen-bond acceptors (Lipinski definition) is 5. The molecule has 0 saturated carbocycles. The minimum Gasteiger partial charge on any atom is -0.333 e. The number of rotatable bonds is 2. The maximum Gasteiger partial charge on any atom is 0.274 e. The highest BCUT2D eigenvalue weighted by Gasteiger charge is 2.52. The van der Waals surface area contributed by atoms with Gasteiger partial charge in [0.2, 0.25) is 11.8 Å². The Morgan fingerprint density at radius 1 is 1.04 bits per heavy atom. The van der Waals surface area contributed by atoms with E-state index in [-0.39, 0.29) is 41.3 Å². The number of allylic oxidation sites excluding steroid dienone is 2. The molecule has 0 bridgehead atoms. The van der Waals surface area contributed by atoms with Crippen molar-refractivity contribution in [3.8, 4) is 0 Å². The summed E-state index contributed by atoms with van der Waals surface area (Å²) in [5, 5.41) is 0. The summed E-state index contributed by atoms with van der Waals surface area (Å²) < 4.78 is 0. The lowest BCUT2D eigenvalue weighted by Gasteiger charge is -2.42. The molecule has 2 aliphatic heterocycles. The molecule has 0 radical (unpaired) electrons. The predicted molar refractivity (Wildman–Crippen MR) is 78.9 cm³/mol. The average Bonchev–Trinajstić information content (AvgIpc) is 2.80. The fourth-order valence-electron chi connectivity index (χ4n) is 3.54. The highest BCUT2D eigenvalue weighted by molar-refractivity contribution is 6.06. The topological polar surface area (TPSA) is 83.5 Å². The second-order valence-corrected chi connectivity index (χ2v) is 6.16. The van der Waals surface area contributed by atoms with Crippen molar-refractivity contribution in [1.29, 1.82) is 0 Å². The van der Waals surface area contributed by atoms with Crippen LogP contribution in [0.5, 0.6) is 0 Å². The van der Waals surface area contributed by atoms with Gasteiger partial charge in [0.05, 0.1) is 24.1 Å². The van der Waals surface area contributed by atoms with Gasteiger partial charge in [-0.15, -0.1) is 0 Å². The van der Waals surface area contributed by atoms with Gasteiger partial charge in [0.15, 0.2) is 0 Å². The van der Waals surface area contributed by atoms with Gasteiger partial charge in [0.1, 0.15) is 5.69 Å². The van der Waals surface area contributed by atoms with Crippen LogP contribution >= 0.6 is 0 Å². The van der Waals surface area contributed by atoms with Gasteiger partial charge in [-0.1, -0.05) is 12.2 Å². The molecule has 3 amide bonds. The second kappa shape index (κ2) is 5.26. The maximum atomic E-state index is 12.5. The van der Waals surface area contributed by atoms with Gasteiger partial charge in [-0.05, 0) is 12.8 Å². The zero-order valence-electron chi connectivity index (χ0n) is 12.5. The molecule has 0 N–H and O–H groups in total. The molecule has 0 unspecified atom stereocenters. The third kappa shape index (κ3) is 2.15. The largest absolute Gasteiger partial charge is 0.333 e. The molecule has 1 aliphatic carbocycles. The number of hydrogen-bond donors (Lipinski definition) is 0. The Morgan fingerprint density at radius 3 is 2.26 bits per heavy atom. The molecular formula is C16H16N4O3. The summed E-state index contributed by atoms with van der Waals surface area (Å²) in [6.07, 6.45) is 9.62. The van der Waals surface area contributed by atoms with E-state index in [4.69, 9.17) is 0 Å². The summed E-state index contributed by atoms with van der Waals surface area (Å²) in [5.74, 6) is -0.802. The first-order valence-electron chi connectivity index (χ1n) is 7.74. The van der Waals surface area contributed by atoms with E-state index in [1.54, 1.807) is 4.90 Å². The van der Waals surface area contributed by atoms with E-state index >= 15 is 0 Å². The fraction of sp³-hybridized carbons (Fsp3) is 0.438. The van der Waals surface area contributed by atoms with Crippen LogP contribution in [0.2, 0.25) is 0 Å². The molecule has 7 heteroatoms. The Bertz CT molecular complexity index is 671. The molecule has 2 fully saturated rings. The molecule has 4 rings (SSSR count). The van der Waals surface area contributed by atoms with Crippen molar-refractivity contribution in [2.24, 2.45) is 11.8 Å². The number of amides is 3. The van der Waals surface area contributed by atoms with Crippen molar-refractivity contribution in [2.45, 2.75) is 18.9 Å². The molecule has 0 aromatic carbocycles. The average molecular weight is 312 g/mol. The number of fused-ring (bicyclic) bond motifs is 1. The monoisotopic (exact) mass is 312 g/mol. The number of nitrogens with zero attached hydrogens (tertiary/aromatic N) is 4. The van der Waals surface area contributed by atoms with Gasteiger partial charge in [-0.2, -0.15) is 0 Å². The first kappa shape index (κ1) is 14.0. The lowest BCUT2D eigenvalue weighted by molar-refractivity contribution is -0.145. The van der Waals surface area contributed by atoms with E-state index in [1.165, 1.54) is 23.5 Å². The highest BCUT2D eigenvalue weighted by atomic mass is 16.2. The summed E-state index contributed by atoms with van der Waals surface area (Å²) in [5.41, 5.74) is 0.280. The number of carbonyl (C=O) groups excluding carboxylic acids is 3. The Balaban J connectivity index is 1.43. The smallest absolute Gasteiger partial charge is 0.274 e. The van der Waals surface area contributed by atoms with Crippen LogP contribution < -0.4 is 0 Å². The number of imide groups is 1. The Labute approximate surface area is 133 Å². The van der Waals surface area contributed by atoms with Gasteiger partial charge >= 0.3 is 0 Å². The molecule has 3 aliphatic rings. The van der Waals surface area contributed by atoms with Gasteiger partial charge in [0.25, 0.3) is 5.91 Å². The molecule has 3 heterocycles. The SMILES string of the molecule is O=C(c1cnccn1)N1CC(N2C(=O)[C@H]3CC=CC[C@@H]3C2=O)C1. The molecule has 0 spiro atoms. The van der Waals surface area contributed by atoms with E-state index in [1.807, 2.05) is 12.2 Å². The number of likely N-dealkylation sites (tertiary alicyclic amines) is 2. The molecule has 23 heavy (non-hydrogen) atoms. The Hall–Kier alpha value is -2.57. The third-order valence-corrected chi connectivity index (χ3v) is 4.84. The van der Waals surface area contributed by atoms with Gasteiger partial charge in [-0.3, -0.25) is 24.3 Å². The summed E-state index contributed by atoms with van der Waals surface area (Å²) in [6, 6.07) is -0.207. The van der Waals surface area contributed by atoms with E-state index in [0.717, 1.165) is 0 Å². The van der Waals surface area contributed by atoms with E-state index in [0.29, 0.717) is 25.9 Å². The summed E-state index contributed by atoms with van der Waals surface area (Å²) in [4.78, 5) is 48.0. The number of carbonyl (C=O) groups is 3. The van der Waals surface area contributed by atoms with Crippen molar-refractivity contribution in [1.82, 2.24) is 19.8 Å². The minimum absolute atomic E-state index is 0.0825. The maximum absolute atomic E-state index is 12.5. The second-order valence-electron chi connectivity index (χ2n) is 6.16. The number of aromatic nitrogens is 2. The highest BCUT2D eigenvalue weighted by Crippen LogP contribution is 2.37. The van der Waals surface area contributed by atoms with Gasteiger partial charge in [-0.25, -0.2) is 4.98 Å². The van der Waals surface area contributed by atoms with Crippen molar-refractivity contribution in [2.75, 3.05) is 13.1 Å². The van der Waals surface area contributed by atoms with E-state index < -0.39 is 0 Å². The van der Waals surface area contributed by atoms with Crippen LogP contribution in [0, 0.1) is 11.8 Å². The van der Waals surface area contributed by atoms with Crippen molar-refractivity contribution in [3.63, 3.8) is 0 Å². The lowest BCUT2D eigenvalue weighted by atomic mass is 9.85. The van der Waals surface area contributed by atoms with Crippen LogP contribution in [0.1, 0.15) is 23.3 Å². The predicted octanol–water partition coefficient (Wildman–Crippen LogP) is 0.252. The van der Waals surface area contributed by atoms with Gasteiger partial charge in [0, 0.05) is 25.5 Å². The first-order valence-corrected chi connectivity index (χ1v) is 7.74. The van der Waals surface area contributed by atoms with Crippen LogP contribution in [0.15, 0.2) is 30.7 Å². The minimum atomic E-state index is -0.215. The third-order valence-electron chi connectivity index (χ3n) is 4.84. The Morgan fingerprint density at radius 2 is 1.70 bits per heavy atom. The Kier molecular flexibility index (Phi) is 3.21. The van der Waals surface area contributed by atoms with Gasteiger partial charge < -0.3 is 4.90 Å². The quantitative estimate of drug-likeness (QED) is 0.577. The lowest BCUT2D eigenvalue weighted by Crippen LogP contribution is -2.62. The molecule has 1 aromatic rings.